The highest BCUT2D eigenvalue weighted by molar-refractivity contribution is 6.43. The predicted octanol–water partition coefficient (Wildman–Crippen LogP) is 3.31. The van der Waals surface area contributed by atoms with Crippen molar-refractivity contribution in [2.24, 2.45) is 0 Å². The Morgan fingerprint density at radius 3 is 2.71 bits per heavy atom. The fourth-order valence-electron chi connectivity index (χ4n) is 0.913. The van der Waals surface area contributed by atoms with Gasteiger partial charge in [-0.15, -0.1) is 0 Å². The summed E-state index contributed by atoms with van der Waals surface area (Å²) in [4.78, 5) is 11.2. The molecular formula is C9H7Cl2FO2. The largest absolute Gasteiger partial charge is 0.462 e. The lowest BCUT2D eigenvalue weighted by Gasteiger charge is -2.05. The smallest absolute Gasteiger partial charge is 0.339 e. The molecule has 76 valence electrons. The number of hydrogen-bond donors (Lipinski definition) is 0. The third-order valence-corrected chi connectivity index (χ3v) is 2.29. The molecule has 1 rings (SSSR count). The summed E-state index contributed by atoms with van der Waals surface area (Å²) in [5.74, 6) is -1.30. The Morgan fingerprint density at radius 1 is 1.50 bits per heavy atom. The molecule has 0 unspecified atom stereocenters. The highest BCUT2D eigenvalue weighted by Crippen LogP contribution is 2.27. The normalized spacial score (nSPS) is 10.0. The second kappa shape index (κ2) is 4.62. The van der Waals surface area contributed by atoms with Gasteiger partial charge in [-0.2, -0.15) is 0 Å². The molecular weight excluding hydrogens is 230 g/mol. The first-order valence-corrected chi connectivity index (χ1v) is 4.63. The van der Waals surface area contributed by atoms with Crippen LogP contribution in [0.5, 0.6) is 0 Å². The van der Waals surface area contributed by atoms with E-state index >= 15 is 0 Å². The molecule has 0 aliphatic rings. The van der Waals surface area contributed by atoms with Crippen molar-refractivity contribution >= 4 is 29.2 Å². The van der Waals surface area contributed by atoms with E-state index in [2.05, 4.69) is 4.74 Å². The van der Waals surface area contributed by atoms with Crippen molar-refractivity contribution in [3.8, 4) is 0 Å². The third kappa shape index (κ3) is 2.36. The van der Waals surface area contributed by atoms with E-state index in [0.717, 1.165) is 12.1 Å². The maximum atomic E-state index is 12.9. The van der Waals surface area contributed by atoms with Gasteiger partial charge in [0.1, 0.15) is 5.82 Å². The second-order valence-corrected chi connectivity index (χ2v) is 3.25. The molecule has 0 heterocycles. The summed E-state index contributed by atoms with van der Waals surface area (Å²) >= 11 is 11.3. The lowest BCUT2D eigenvalue weighted by molar-refractivity contribution is 0.0526. The lowest BCUT2D eigenvalue weighted by Crippen LogP contribution is -2.06. The van der Waals surface area contributed by atoms with Gasteiger partial charge in [-0.25, -0.2) is 9.18 Å². The summed E-state index contributed by atoms with van der Waals surface area (Å²) in [7, 11) is 0. The molecule has 0 aliphatic carbocycles. The molecule has 0 bridgehead atoms. The van der Waals surface area contributed by atoms with Gasteiger partial charge in [0, 0.05) is 0 Å². The SMILES string of the molecule is CCOC(=O)c1cc(F)cc(Cl)c1Cl. The molecule has 0 saturated carbocycles. The third-order valence-electron chi connectivity index (χ3n) is 1.49. The number of carbonyl (C=O) groups excluding carboxylic acids is 1. The van der Waals surface area contributed by atoms with Crippen molar-refractivity contribution in [2.45, 2.75) is 6.92 Å². The Bertz CT molecular complexity index is 366. The van der Waals surface area contributed by atoms with Crippen LogP contribution in [-0.4, -0.2) is 12.6 Å². The van der Waals surface area contributed by atoms with Crippen LogP contribution in [-0.2, 0) is 4.74 Å². The van der Waals surface area contributed by atoms with Crippen LogP contribution in [0.3, 0.4) is 0 Å². The molecule has 14 heavy (non-hydrogen) atoms. The first-order valence-electron chi connectivity index (χ1n) is 3.88. The molecule has 0 aliphatic heterocycles. The molecule has 0 spiro atoms. The quantitative estimate of drug-likeness (QED) is 0.582. The van der Waals surface area contributed by atoms with Crippen molar-refractivity contribution < 1.29 is 13.9 Å². The zero-order valence-corrected chi connectivity index (χ0v) is 8.82. The molecule has 0 radical (unpaired) electrons. The van der Waals surface area contributed by atoms with Crippen LogP contribution in [0.2, 0.25) is 10.0 Å². The summed E-state index contributed by atoms with van der Waals surface area (Å²) in [5.41, 5.74) is -0.0569. The van der Waals surface area contributed by atoms with Crippen LogP contribution in [0, 0.1) is 5.82 Å². The van der Waals surface area contributed by atoms with E-state index in [1.165, 1.54) is 0 Å². The molecule has 0 fully saturated rings. The molecule has 0 atom stereocenters. The maximum absolute atomic E-state index is 12.9. The fraction of sp³-hybridized carbons (Fsp3) is 0.222. The zero-order chi connectivity index (χ0) is 10.7. The number of hydrogen-bond acceptors (Lipinski definition) is 2. The monoisotopic (exact) mass is 236 g/mol. The highest BCUT2D eigenvalue weighted by Gasteiger charge is 2.15. The molecule has 5 heteroatoms. The molecule has 0 N–H and O–H groups in total. The van der Waals surface area contributed by atoms with Crippen molar-refractivity contribution in [2.75, 3.05) is 6.61 Å². The minimum Gasteiger partial charge on any atom is -0.462 e. The number of benzene rings is 1. The summed E-state index contributed by atoms with van der Waals surface area (Å²) in [5, 5.41) is 0.00114. The minimum atomic E-state index is -0.682. The minimum absolute atomic E-state index is 0.00489. The van der Waals surface area contributed by atoms with Gasteiger partial charge in [-0.1, -0.05) is 23.2 Å². The Hall–Kier alpha value is -0.800. The average molecular weight is 237 g/mol. The van der Waals surface area contributed by atoms with Crippen molar-refractivity contribution in [1.82, 2.24) is 0 Å². The van der Waals surface area contributed by atoms with Crippen LogP contribution in [0.1, 0.15) is 17.3 Å². The van der Waals surface area contributed by atoms with Crippen molar-refractivity contribution in [3.05, 3.63) is 33.6 Å². The molecule has 1 aromatic carbocycles. The number of esters is 1. The number of halogens is 3. The molecule has 1 aromatic rings. The van der Waals surface area contributed by atoms with Gasteiger partial charge in [0.15, 0.2) is 0 Å². The van der Waals surface area contributed by atoms with E-state index in [-0.39, 0.29) is 22.2 Å². The summed E-state index contributed by atoms with van der Waals surface area (Å²) < 4.78 is 17.5. The van der Waals surface area contributed by atoms with Crippen LogP contribution in [0.4, 0.5) is 4.39 Å². The van der Waals surface area contributed by atoms with Gasteiger partial charge >= 0.3 is 5.97 Å². The first-order chi connectivity index (χ1) is 6.56. The van der Waals surface area contributed by atoms with E-state index in [0.29, 0.717) is 0 Å². The number of ether oxygens (including phenoxy) is 1. The van der Waals surface area contributed by atoms with E-state index in [4.69, 9.17) is 23.2 Å². The first kappa shape index (κ1) is 11.3. The Labute approximate surface area is 90.6 Å². The van der Waals surface area contributed by atoms with Crippen LogP contribution >= 0.6 is 23.2 Å². The topological polar surface area (TPSA) is 26.3 Å². The van der Waals surface area contributed by atoms with E-state index in [1.807, 2.05) is 0 Å². The van der Waals surface area contributed by atoms with Crippen LogP contribution in [0.15, 0.2) is 12.1 Å². The summed E-state index contributed by atoms with van der Waals surface area (Å²) in [6.45, 7) is 1.84. The lowest BCUT2D eigenvalue weighted by atomic mass is 10.2. The Morgan fingerprint density at radius 2 is 2.14 bits per heavy atom. The van der Waals surface area contributed by atoms with Gasteiger partial charge in [0.2, 0.25) is 0 Å². The predicted molar refractivity (Wildman–Crippen MR) is 52.4 cm³/mol. The van der Waals surface area contributed by atoms with Gasteiger partial charge in [-0.3, -0.25) is 0 Å². The standard InChI is InChI=1S/C9H7Cl2FO2/c1-2-14-9(13)6-3-5(12)4-7(10)8(6)11/h3-4H,2H2,1H3. The van der Waals surface area contributed by atoms with Gasteiger partial charge < -0.3 is 4.74 Å². The van der Waals surface area contributed by atoms with E-state index < -0.39 is 11.8 Å². The summed E-state index contributed by atoms with van der Waals surface area (Å²) in [6, 6.07) is 2.03. The van der Waals surface area contributed by atoms with Crippen molar-refractivity contribution in [3.63, 3.8) is 0 Å². The molecule has 2 nitrogen and oxygen atoms in total. The van der Waals surface area contributed by atoms with Crippen LogP contribution in [0.25, 0.3) is 0 Å². The fourth-order valence-corrected chi connectivity index (χ4v) is 1.31. The van der Waals surface area contributed by atoms with E-state index in [1.54, 1.807) is 6.92 Å². The Balaban J connectivity index is 3.13. The van der Waals surface area contributed by atoms with E-state index in [9.17, 15) is 9.18 Å². The highest BCUT2D eigenvalue weighted by atomic mass is 35.5. The zero-order valence-electron chi connectivity index (χ0n) is 7.31. The van der Waals surface area contributed by atoms with Gasteiger partial charge in [0.05, 0.1) is 22.2 Å². The number of carbonyl (C=O) groups is 1. The summed E-state index contributed by atoms with van der Waals surface area (Å²) in [6.07, 6.45) is 0. The molecule has 0 amide bonds. The molecule has 0 aromatic heterocycles. The Kier molecular flexibility index (Phi) is 3.72. The van der Waals surface area contributed by atoms with Crippen molar-refractivity contribution in [1.29, 1.82) is 0 Å². The average Bonchev–Trinajstić information content (AvgIpc) is 2.11. The number of rotatable bonds is 2. The van der Waals surface area contributed by atoms with Gasteiger partial charge in [0.25, 0.3) is 0 Å². The van der Waals surface area contributed by atoms with Gasteiger partial charge in [-0.05, 0) is 19.1 Å². The maximum Gasteiger partial charge on any atom is 0.339 e. The molecule has 0 saturated heterocycles. The second-order valence-electron chi connectivity index (χ2n) is 2.47. The van der Waals surface area contributed by atoms with Crippen LogP contribution < -0.4 is 0 Å².